The Labute approximate surface area is 211 Å². The molecule has 3 aliphatic rings. The normalized spacial score (nSPS) is 20.2. The van der Waals surface area contributed by atoms with E-state index in [4.69, 9.17) is 5.11 Å². The zero-order chi connectivity index (χ0) is 25.5. The standard InChI is InChI=1S/C25H29F3N4O3S/c26-18-12-16(30-36-11-10-33)13-20(31-8-5-24(3-4-24)6-9-31)21(18)22(34)29-19-2-1-7-32(23(19)35)17-14-25(27,28)15-17/h1-2,7,12-13,17,30,33H,3-6,8-11,14-15H2,(H,29,34). The van der Waals surface area contributed by atoms with E-state index in [9.17, 15) is 18.4 Å². The molecule has 5 rings (SSSR count). The van der Waals surface area contributed by atoms with Crippen molar-refractivity contribution in [2.24, 2.45) is 5.41 Å². The van der Waals surface area contributed by atoms with Gasteiger partial charge in [-0.05, 0) is 55.4 Å². The monoisotopic (exact) mass is 522 g/mol. The van der Waals surface area contributed by atoms with Crippen LogP contribution >= 0.6 is 11.9 Å². The summed E-state index contributed by atoms with van der Waals surface area (Å²) in [4.78, 5) is 28.2. The van der Waals surface area contributed by atoms with Crippen LogP contribution in [0.5, 0.6) is 0 Å². The number of hydrogen-bond acceptors (Lipinski definition) is 6. The highest BCUT2D eigenvalue weighted by Gasteiger charge is 2.47. The Kier molecular flexibility index (Phi) is 6.71. The molecule has 2 aliphatic carbocycles. The fourth-order valence-corrected chi connectivity index (χ4v) is 5.59. The average Bonchev–Trinajstić information content (AvgIpc) is 3.57. The third-order valence-corrected chi connectivity index (χ3v) is 8.25. The number of alkyl halides is 2. The number of anilines is 3. The zero-order valence-corrected chi connectivity index (χ0v) is 20.6. The molecule has 1 saturated heterocycles. The van der Waals surface area contributed by atoms with Gasteiger partial charge in [-0.25, -0.2) is 13.2 Å². The molecule has 0 radical (unpaired) electrons. The summed E-state index contributed by atoms with van der Waals surface area (Å²) in [6.07, 6.45) is 4.93. The third-order valence-electron chi connectivity index (χ3n) is 7.49. The molecular weight excluding hydrogens is 493 g/mol. The van der Waals surface area contributed by atoms with Crippen LogP contribution in [0.15, 0.2) is 35.3 Å². The fraction of sp³-hybridized carbons (Fsp3) is 0.520. The van der Waals surface area contributed by atoms with Crippen molar-refractivity contribution in [3.05, 3.63) is 52.2 Å². The lowest BCUT2D eigenvalue weighted by Crippen LogP contribution is -2.41. The van der Waals surface area contributed by atoms with Crippen molar-refractivity contribution >= 4 is 34.9 Å². The summed E-state index contributed by atoms with van der Waals surface area (Å²) in [5.74, 6) is -3.88. The number of hydrogen-bond donors (Lipinski definition) is 3. The number of aliphatic hydroxyl groups excluding tert-OH is 1. The third kappa shape index (κ3) is 5.08. The zero-order valence-electron chi connectivity index (χ0n) is 19.7. The van der Waals surface area contributed by atoms with Gasteiger partial charge in [0.2, 0.25) is 0 Å². The Morgan fingerprint density at radius 2 is 1.89 bits per heavy atom. The number of aliphatic hydroxyl groups is 1. The van der Waals surface area contributed by atoms with Gasteiger partial charge in [0, 0.05) is 49.6 Å². The van der Waals surface area contributed by atoms with E-state index >= 15 is 4.39 Å². The van der Waals surface area contributed by atoms with E-state index in [-0.39, 0.29) is 17.9 Å². The molecule has 11 heteroatoms. The molecule has 194 valence electrons. The van der Waals surface area contributed by atoms with Crippen molar-refractivity contribution in [2.75, 3.05) is 40.4 Å². The molecule has 3 N–H and O–H groups in total. The second-order valence-corrected chi connectivity index (χ2v) is 10.9. The van der Waals surface area contributed by atoms with Crippen LogP contribution in [0.1, 0.15) is 54.9 Å². The lowest BCUT2D eigenvalue weighted by atomic mass is 9.88. The minimum absolute atomic E-state index is 0.0329. The Hall–Kier alpha value is -2.66. The summed E-state index contributed by atoms with van der Waals surface area (Å²) in [7, 11) is 0. The van der Waals surface area contributed by atoms with Crippen molar-refractivity contribution in [2.45, 2.75) is 50.5 Å². The average molecular weight is 523 g/mol. The van der Waals surface area contributed by atoms with Gasteiger partial charge in [0.15, 0.2) is 0 Å². The molecule has 1 spiro atoms. The molecule has 1 aromatic carbocycles. The molecule has 2 heterocycles. The fourth-order valence-electron chi connectivity index (χ4n) is 5.11. The predicted molar refractivity (Wildman–Crippen MR) is 135 cm³/mol. The molecule has 0 bridgehead atoms. The predicted octanol–water partition coefficient (Wildman–Crippen LogP) is 4.64. The first-order valence-electron chi connectivity index (χ1n) is 12.2. The molecule has 2 saturated carbocycles. The molecule has 1 amide bonds. The van der Waals surface area contributed by atoms with Gasteiger partial charge in [-0.2, -0.15) is 0 Å². The molecular formula is C25H29F3N4O3S. The molecule has 2 aromatic rings. The van der Waals surface area contributed by atoms with Crippen LogP contribution < -0.4 is 20.5 Å². The van der Waals surface area contributed by atoms with Gasteiger partial charge in [0.05, 0.1) is 17.9 Å². The van der Waals surface area contributed by atoms with Crippen LogP contribution in [0, 0.1) is 11.2 Å². The summed E-state index contributed by atoms with van der Waals surface area (Å²) in [6.45, 7) is 1.36. The smallest absolute Gasteiger partial charge is 0.274 e. The van der Waals surface area contributed by atoms with Crippen LogP contribution in [-0.2, 0) is 0 Å². The van der Waals surface area contributed by atoms with Crippen LogP contribution in [0.3, 0.4) is 0 Å². The first-order valence-corrected chi connectivity index (χ1v) is 13.2. The summed E-state index contributed by atoms with van der Waals surface area (Å²) >= 11 is 1.23. The maximum absolute atomic E-state index is 15.4. The number of halogens is 3. The second-order valence-electron chi connectivity index (χ2n) is 10.0. The molecule has 36 heavy (non-hydrogen) atoms. The van der Waals surface area contributed by atoms with Crippen LogP contribution in [0.4, 0.5) is 30.2 Å². The SMILES string of the molecule is O=C(Nc1cccn(C2CC(F)(F)C2)c1=O)c1c(F)cc(NSCCO)cc1N1CCC2(CC1)CC2. The largest absolute Gasteiger partial charge is 0.395 e. The number of pyridine rings is 1. The van der Waals surface area contributed by atoms with E-state index in [1.807, 2.05) is 4.90 Å². The van der Waals surface area contributed by atoms with Crippen LogP contribution in [-0.4, -0.2) is 47.0 Å². The molecule has 7 nitrogen and oxygen atoms in total. The molecule has 1 aliphatic heterocycles. The summed E-state index contributed by atoms with van der Waals surface area (Å²) < 4.78 is 46.3. The molecule has 0 atom stereocenters. The van der Waals surface area contributed by atoms with E-state index in [2.05, 4.69) is 10.0 Å². The van der Waals surface area contributed by atoms with Gasteiger partial charge in [0.25, 0.3) is 17.4 Å². The van der Waals surface area contributed by atoms with Crippen molar-refractivity contribution in [1.29, 1.82) is 0 Å². The number of piperidine rings is 1. The topological polar surface area (TPSA) is 86.6 Å². The van der Waals surface area contributed by atoms with E-state index < -0.39 is 42.1 Å². The number of amides is 1. The van der Waals surface area contributed by atoms with Crippen LogP contribution in [0.2, 0.25) is 0 Å². The lowest BCUT2D eigenvalue weighted by Gasteiger charge is -2.36. The Morgan fingerprint density at radius 1 is 1.17 bits per heavy atom. The quantitative estimate of drug-likeness (QED) is 0.346. The molecule has 0 unspecified atom stereocenters. The summed E-state index contributed by atoms with van der Waals surface area (Å²) in [6, 6.07) is 5.20. The first-order chi connectivity index (χ1) is 17.2. The van der Waals surface area contributed by atoms with E-state index in [0.29, 0.717) is 35.6 Å². The van der Waals surface area contributed by atoms with E-state index in [0.717, 1.165) is 12.8 Å². The van der Waals surface area contributed by atoms with Crippen molar-refractivity contribution in [1.82, 2.24) is 4.57 Å². The highest BCUT2D eigenvalue weighted by atomic mass is 32.2. The number of carbonyl (C=O) groups is 1. The number of rotatable bonds is 8. The van der Waals surface area contributed by atoms with Crippen molar-refractivity contribution in [3.8, 4) is 0 Å². The first kappa shape index (κ1) is 25.0. The Morgan fingerprint density at radius 3 is 2.53 bits per heavy atom. The molecule has 1 aromatic heterocycles. The summed E-state index contributed by atoms with van der Waals surface area (Å²) in [5.41, 5.74) is 0.448. The molecule has 3 fully saturated rings. The minimum atomic E-state index is -2.79. The number of benzene rings is 1. The van der Waals surface area contributed by atoms with Gasteiger partial charge in [0.1, 0.15) is 11.5 Å². The second kappa shape index (κ2) is 9.66. The lowest BCUT2D eigenvalue weighted by molar-refractivity contribution is -0.104. The Balaban J connectivity index is 1.41. The van der Waals surface area contributed by atoms with Crippen molar-refractivity contribution in [3.63, 3.8) is 0 Å². The van der Waals surface area contributed by atoms with Crippen LogP contribution in [0.25, 0.3) is 0 Å². The van der Waals surface area contributed by atoms with Gasteiger partial charge < -0.3 is 24.6 Å². The highest BCUT2D eigenvalue weighted by Crippen LogP contribution is 2.54. The number of nitrogens with zero attached hydrogens (tertiary/aromatic N) is 2. The number of aromatic nitrogens is 1. The number of nitrogens with one attached hydrogen (secondary N) is 2. The van der Waals surface area contributed by atoms with E-state index in [1.165, 1.54) is 53.8 Å². The van der Waals surface area contributed by atoms with Gasteiger partial charge in [-0.1, -0.05) is 11.9 Å². The Bertz CT molecular complexity index is 1200. The minimum Gasteiger partial charge on any atom is -0.395 e. The van der Waals surface area contributed by atoms with Gasteiger partial charge in [-0.15, -0.1) is 0 Å². The maximum atomic E-state index is 15.4. The highest BCUT2D eigenvalue weighted by molar-refractivity contribution is 8.00. The maximum Gasteiger partial charge on any atom is 0.274 e. The van der Waals surface area contributed by atoms with E-state index in [1.54, 1.807) is 6.07 Å². The summed E-state index contributed by atoms with van der Waals surface area (Å²) in [5, 5.41) is 11.6. The number of carbonyl (C=O) groups excluding carboxylic acids is 1. The van der Waals surface area contributed by atoms with Gasteiger partial charge >= 0.3 is 0 Å². The van der Waals surface area contributed by atoms with Gasteiger partial charge in [-0.3, -0.25) is 9.59 Å². The van der Waals surface area contributed by atoms with Crippen molar-refractivity contribution < 1.29 is 23.1 Å².